The minimum absolute atomic E-state index is 0.244. The molecule has 0 fully saturated rings. The van der Waals surface area contributed by atoms with Crippen molar-refractivity contribution in [2.75, 3.05) is 7.05 Å². The molecule has 0 saturated carbocycles. The molecule has 0 aliphatic heterocycles. The van der Waals surface area contributed by atoms with Gasteiger partial charge in [-0.1, -0.05) is 19.9 Å². The number of fused-ring (bicyclic) bond motifs is 1. The maximum absolute atomic E-state index is 13.5. The highest BCUT2D eigenvalue weighted by Gasteiger charge is 2.41. The number of nitrogens with one attached hydrogen (secondary N) is 2. The first-order valence-electron chi connectivity index (χ1n) is 6.27. The molecule has 0 spiro atoms. The predicted octanol–water partition coefficient (Wildman–Crippen LogP) is 2.90. The van der Waals surface area contributed by atoms with Gasteiger partial charge in [0.15, 0.2) is 0 Å². The molecule has 1 amide bonds. The molecule has 0 unspecified atom stereocenters. The molecule has 8 heteroatoms. The van der Waals surface area contributed by atoms with Crippen LogP contribution in [-0.4, -0.2) is 27.7 Å². The fourth-order valence-electron chi connectivity index (χ4n) is 1.69. The van der Waals surface area contributed by atoms with Gasteiger partial charge in [0.1, 0.15) is 5.69 Å². The zero-order chi connectivity index (χ0) is 16.2. The van der Waals surface area contributed by atoms with E-state index in [4.69, 9.17) is 9.79 Å². The van der Waals surface area contributed by atoms with E-state index in [1.165, 1.54) is 19.2 Å². The molecule has 0 radical (unpaired) electrons. The minimum Gasteiger partial charge on any atom is -0.354 e. The van der Waals surface area contributed by atoms with Crippen LogP contribution >= 0.6 is 8.38 Å². The normalized spacial score (nSPS) is 11.2. The van der Waals surface area contributed by atoms with Gasteiger partial charge < -0.3 is 20.1 Å². The summed E-state index contributed by atoms with van der Waals surface area (Å²) >= 11 is 0. The quantitative estimate of drug-likeness (QED) is 0.657. The van der Waals surface area contributed by atoms with Crippen molar-refractivity contribution in [2.24, 2.45) is 0 Å². The zero-order valence-electron chi connectivity index (χ0n) is 11.8. The largest absolute Gasteiger partial charge is 0.354 e. The van der Waals surface area contributed by atoms with E-state index in [1.54, 1.807) is 0 Å². The van der Waals surface area contributed by atoms with Gasteiger partial charge in [-0.25, -0.2) is 0 Å². The molecule has 0 bridgehead atoms. The fourth-order valence-corrected chi connectivity index (χ4v) is 2.06. The predicted molar refractivity (Wildman–Crippen MR) is 78.3 cm³/mol. The maximum atomic E-state index is 13.5. The van der Waals surface area contributed by atoms with Crippen molar-refractivity contribution in [3.8, 4) is 0 Å². The van der Waals surface area contributed by atoms with Crippen LogP contribution in [0.3, 0.4) is 0 Å². The van der Waals surface area contributed by atoms with Crippen LogP contribution in [0, 0.1) is 0 Å². The summed E-state index contributed by atoms with van der Waals surface area (Å²) in [4.78, 5) is 31.7. The van der Waals surface area contributed by atoms with Crippen molar-refractivity contribution < 1.29 is 23.4 Å². The van der Waals surface area contributed by atoms with Crippen LogP contribution in [0.4, 0.5) is 8.78 Å². The van der Waals surface area contributed by atoms with Gasteiger partial charge in [0.25, 0.3) is 5.91 Å². The Morgan fingerprint density at radius 2 is 1.90 bits per heavy atom. The number of halogens is 2. The molecule has 0 aliphatic rings. The monoisotopic (exact) mass is 318 g/mol. The molecule has 4 N–H and O–H groups in total. The minimum atomic E-state index is -3.70. The van der Waals surface area contributed by atoms with Gasteiger partial charge in [-0.15, -0.1) is 0 Å². The Bertz CT molecular complexity index is 629. The summed E-state index contributed by atoms with van der Waals surface area (Å²) in [6.45, 7) is 4.00. The van der Waals surface area contributed by atoms with Gasteiger partial charge in [0.05, 0.1) is 0 Å². The van der Waals surface area contributed by atoms with Crippen LogP contribution in [0.5, 0.6) is 0 Å². The van der Waals surface area contributed by atoms with E-state index in [9.17, 15) is 13.6 Å². The first-order valence-corrected chi connectivity index (χ1v) is 7.52. The van der Waals surface area contributed by atoms with Crippen molar-refractivity contribution in [1.82, 2.24) is 10.3 Å². The average Bonchev–Trinajstić information content (AvgIpc) is 2.91. The van der Waals surface area contributed by atoms with Gasteiger partial charge in [-0.2, -0.15) is 8.78 Å². The number of alkyl halides is 2. The third kappa shape index (κ3) is 3.56. The maximum Gasteiger partial charge on any atom is 0.339 e. The Balaban J connectivity index is 0.00000106. The molecule has 0 atom stereocenters. The van der Waals surface area contributed by atoms with Crippen LogP contribution < -0.4 is 5.32 Å². The number of rotatable bonds is 3. The van der Waals surface area contributed by atoms with E-state index in [0.717, 1.165) is 12.1 Å². The number of H-pyrrole nitrogens is 1. The Kier molecular flexibility index (Phi) is 5.78. The van der Waals surface area contributed by atoms with Gasteiger partial charge in [0, 0.05) is 23.5 Å². The number of hydrogen-bond donors (Lipinski definition) is 4. The zero-order valence-corrected chi connectivity index (χ0v) is 12.7. The van der Waals surface area contributed by atoms with Crippen molar-refractivity contribution in [1.29, 1.82) is 0 Å². The van der Waals surface area contributed by atoms with Crippen molar-refractivity contribution in [3.63, 3.8) is 0 Å². The summed E-state index contributed by atoms with van der Waals surface area (Å²) in [6.07, 6.45) is 0. The first-order chi connectivity index (χ1) is 9.86. The van der Waals surface area contributed by atoms with Gasteiger partial charge in [0.2, 0.25) is 8.38 Å². The lowest BCUT2D eigenvalue weighted by Crippen LogP contribution is -2.17. The summed E-state index contributed by atoms with van der Waals surface area (Å²) in [5, 5.41) is 2.81. The standard InChI is InChI=1S/C11H11F2N2O3P.C2H6/c1-14-10(16)9-5-6-4-7(2-3-8(6)15-9)11(12,13)19(17)18;1-2/h2-5,15,17-18H,1H3,(H,14,16);1-2H3. The highest BCUT2D eigenvalue weighted by atomic mass is 31.2. The number of hydrogen-bond acceptors (Lipinski definition) is 3. The third-order valence-corrected chi connectivity index (χ3v) is 3.45. The van der Waals surface area contributed by atoms with Crippen molar-refractivity contribution in [2.45, 2.75) is 19.5 Å². The lowest BCUT2D eigenvalue weighted by atomic mass is 10.1. The molecule has 1 heterocycles. The second kappa shape index (κ2) is 6.93. The SMILES string of the molecule is CC.CNC(=O)c1cc2cc(C(F)(F)P(O)O)ccc2[nH]1. The number of aromatic nitrogens is 1. The van der Waals surface area contributed by atoms with E-state index >= 15 is 0 Å². The average molecular weight is 318 g/mol. The number of benzene rings is 1. The highest BCUT2D eigenvalue weighted by Crippen LogP contribution is 2.52. The molecule has 1 aromatic carbocycles. The van der Waals surface area contributed by atoms with Crippen LogP contribution in [-0.2, 0) is 5.66 Å². The highest BCUT2D eigenvalue weighted by molar-refractivity contribution is 7.46. The van der Waals surface area contributed by atoms with Crippen molar-refractivity contribution >= 4 is 25.2 Å². The number of carbonyl (C=O) groups is 1. The van der Waals surface area contributed by atoms with Gasteiger partial charge >= 0.3 is 5.66 Å². The molecule has 21 heavy (non-hydrogen) atoms. The molecular formula is C13H17F2N2O3P. The van der Waals surface area contributed by atoms with Gasteiger partial charge in [-0.05, 0) is 18.2 Å². The third-order valence-electron chi connectivity index (χ3n) is 2.69. The van der Waals surface area contributed by atoms with E-state index in [1.807, 2.05) is 13.8 Å². The number of amides is 1. The second-order valence-corrected chi connectivity index (χ2v) is 5.04. The Labute approximate surface area is 121 Å². The molecule has 0 aliphatic carbocycles. The number of carbonyl (C=O) groups excluding carboxylic acids is 1. The molecule has 116 valence electrons. The van der Waals surface area contributed by atoms with Crippen LogP contribution in [0.15, 0.2) is 24.3 Å². The lowest BCUT2D eigenvalue weighted by molar-refractivity contribution is 0.0734. The van der Waals surface area contributed by atoms with Crippen LogP contribution in [0.1, 0.15) is 29.9 Å². The summed E-state index contributed by atoms with van der Waals surface area (Å²) < 4.78 is 27.0. The molecular weight excluding hydrogens is 301 g/mol. The fraction of sp³-hybridized carbons (Fsp3) is 0.308. The van der Waals surface area contributed by atoms with E-state index < -0.39 is 19.6 Å². The molecule has 2 rings (SSSR count). The first kappa shape index (κ1) is 17.5. The molecule has 5 nitrogen and oxygen atoms in total. The van der Waals surface area contributed by atoms with Crippen LogP contribution in [0.2, 0.25) is 0 Å². The van der Waals surface area contributed by atoms with Gasteiger partial charge in [-0.3, -0.25) is 4.79 Å². The van der Waals surface area contributed by atoms with E-state index in [-0.39, 0.29) is 11.6 Å². The number of aromatic amines is 1. The summed E-state index contributed by atoms with van der Waals surface area (Å²) in [5.41, 5.74) is -3.45. The topological polar surface area (TPSA) is 85.3 Å². The van der Waals surface area contributed by atoms with E-state index in [2.05, 4.69) is 10.3 Å². The van der Waals surface area contributed by atoms with Crippen molar-refractivity contribution in [3.05, 3.63) is 35.5 Å². The Morgan fingerprint density at radius 3 is 2.43 bits per heavy atom. The van der Waals surface area contributed by atoms with Crippen LogP contribution in [0.25, 0.3) is 10.9 Å². The second-order valence-electron chi connectivity index (χ2n) is 3.89. The summed E-state index contributed by atoms with van der Waals surface area (Å²) in [5.74, 6) is -0.365. The molecule has 0 saturated heterocycles. The Hall–Kier alpha value is -1.56. The summed E-state index contributed by atoms with van der Waals surface area (Å²) in [6, 6.07) is 5.00. The Morgan fingerprint density at radius 1 is 1.29 bits per heavy atom. The van der Waals surface area contributed by atoms with E-state index in [0.29, 0.717) is 10.9 Å². The molecule has 1 aromatic heterocycles. The smallest absolute Gasteiger partial charge is 0.339 e. The summed E-state index contributed by atoms with van der Waals surface area (Å²) in [7, 11) is -1.95. The molecule has 2 aromatic rings. The lowest BCUT2D eigenvalue weighted by Gasteiger charge is -2.17.